The first-order valence-corrected chi connectivity index (χ1v) is 20.5. The number of carbonyl (C=O) groups excluding carboxylic acids is 3. The monoisotopic (exact) mass is 817 g/mol. The highest BCUT2D eigenvalue weighted by atomic mass is 16.6. The maximum absolute atomic E-state index is 13.2. The van der Waals surface area contributed by atoms with E-state index in [0.29, 0.717) is 42.5 Å². The van der Waals surface area contributed by atoms with Gasteiger partial charge >= 0.3 is 24.1 Å². The number of carboxylic acid groups (broad SMARTS) is 1. The van der Waals surface area contributed by atoms with E-state index in [2.05, 4.69) is 17.2 Å². The number of carbonyl (C=O) groups is 4. The predicted molar refractivity (Wildman–Crippen MR) is 221 cm³/mol. The van der Waals surface area contributed by atoms with Gasteiger partial charge in [0.25, 0.3) is 0 Å². The van der Waals surface area contributed by atoms with Crippen molar-refractivity contribution in [2.45, 2.75) is 102 Å². The van der Waals surface area contributed by atoms with Crippen LogP contribution in [-0.2, 0) is 43.2 Å². The highest BCUT2D eigenvalue weighted by Crippen LogP contribution is 2.39. The molecule has 3 aliphatic rings. The zero-order chi connectivity index (χ0) is 42.4. The van der Waals surface area contributed by atoms with E-state index < -0.39 is 47.9 Å². The molecule has 3 aromatic carbocycles. The fourth-order valence-electron chi connectivity index (χ4n) is 7.94. The number of hydrogen-bond acceptors (Lipinski definition) is 10. The Bertz CT molecular complexity index is 2250. The number of para-hydroxylation sites is 1. The second-order valence-corrected chi connectivity index (χ2v) is 16.6. The molecule has 13 nitrogen and oxygen atoms in total. The van der Waals surface area contributed by atoms with Crippen molar-refractivity contribution in [1.29, 1.82) is 0 Å². The molecule has 2 N–H and O–H groups in total. The molecule has 5 atom stereocenters. The van der Waals surface area contributed by atoms with Crippen molar-refractivity contribution in [3.05, 3.63) is 101 Å². The summed E-state index contributed by atoms with van der Waals surface area (Å²) in [6, 6.07) is 23.2. The lowest BCUT2D eigenvalue weighted by Gasteiger charge is -2.27. The molecule has 1 aromatic heterocycles. The number of carboxylic acids is 1. The van der Waals surface area contributed by atoms with Crippen LogP contribution in [0.3, 0.4) is 0 Å². The van der Waals surface area contributed by atoms with Crippen molar-refractivity contribution >= 4 is 35.0 Å². The summed E-state index contributed by atoms with van der Waals surface area (Å²) in [6.07, 6.45) is 1.77. The molecule has 5 unspecified atom stereocenters. The van der Waals surface area contributed by atoms with Crippen LogP contribution in [0.15, 0.2) is 78.9 Å². The number of amides is 2. The summed E-state index contributed by atoms with van der Waals surface area (Å²) in [7, 11) is 1.28. The average Bonchev–Trinajstić information content (AvgIpc) is 3.58. The van der Waals surface area contributed by atoms with Gasteiger partial charge in [0.15, 0.2) is 0 Å². The smallest absolute Gasteiger partial charge is 0.411 e. The zero-order valence-corrected chi connectivity index (χ0v) is 34.3. The summed E-state index contributed by atoms with van der Waals surface area (Å²) in [4.78, 5) is 57.2. The van der Waals surface area contributed by atoms with Gasteiger partial charge < -0.3 is 34.1 Å². The lowest BCUT2D eigenvalue weighted by atomic mass is 9.97. The number of alkyl carbamates (subject to hydrolysis) is 1. The Morgan fingerprint density at radius 2 is 1.65 bits per heavy atom. The Hall–Kier alpha value is -6.29. The first-order chi connectivity index (χ1) is 28.9. The fraction of sp³-hybridized carbons (Fsp3) is 0.426. The number of nitrogens with zero attached hydrogens (tertiary/aromatic N) is 2. The minimum Gasteiger partial charge on any atom is -0.487 e. The van der Waals surface area contributed by atoms with Crippen molar-refractivity contribution in [2.24, 2.45) is 11.8 Å². The molecule has 0 radical (unpaired) electrons. The number of aromatic nitrogens is 1. The van der Waals surface area contributed by atoms with E-state index in [1.807, 2.05) is 78.9 Å². The SMILES string of the molecule is COC(=O)C1CC(Oc2nc3ccccc3c(OCc3ccccc3)c2C#CCCCC2CC2OC(=O)NC(C(=O)O)C2Cc3ccccc3C2)CN1C(=O)OC(C)(C)C. The first-order valence-electron chi connectivity index (χ1n) is 20.5. The highest BCUT2D eigenvalue weighted by Gasteiger charge is 2.44. The number of hydrogen-bond donors (Lipinski definition) is 2. The van der Waals surface area contributed by atoms with Gasteiger partial charge in [0, 0.05) is 18.2 Å². The number of unbranched alkanes of at least 4 members (excludes halogenated alkanes) is 1. The number of rotatable bonds is 13. The minimum atomic E-state index is -1.07. The van der Waals surface area contributed by atoms with E-state index in [1.54, 1.807) is 20.8 Å². The van der Waals surface area contributed by atoms with E-state index in [9.17, 15) is 24.3 Å². The summed E-state index contributed by atoms with van der Waals surface area (Å²) in [5, 5.41) is 13.3. The van der Waals surface area contributed by atoms with Gasteiger partial charge in [-0.05, 0) is 93.5 Å². The Kier molecular flexibility index (Phi) is 12.8. The number of aliphatic carboxylic acids is 1. The highest BCUT2D eigenvalue weighted by molar-refractivity contribution is 5.89. The standard InChI is InChI=1S/C47H51N3O10/c1-47(2,3)60-46(55)50-27-34(26-38(50)44(53)56-4)58-42-36(41(35-20-13-14-22-37(35)48-42)57-28-29-15-7-5-8-16-29)21-10-6-9-19-32-25-39(32)59-45(54)49-40(43(51)52)33-23-30-17-11-12-18-31(30)24-33/h5,7-8,11-18,20,22,32-34,38-40H,6,9,19,23-28H2,1-4H3,(H,49,54)(H,51,52). The molecular formula is C47H51N3O10. The van der Waals surface area contributed by atoms with Crippen LogP contribution in [0.2, 0.25) is 0 Å². The zero-order valence-electron chi connectivity index (χ0n) is 34.3. The quantitative estimate of drug-likeness (QED) is 0.0605. The van der Waals surface area contributed by atoms with Crippen LogP contribution in [0.25, 0.3) is 10.9 Å². The number of benzene rings is 3. The topological polar surface area (TPSA) is 163 Å². The van der Waals surface area contributed by atoms with Crippen LogP contribution < -0.4 is 14.8 Å². The van der Waals surface area contributed by atoms with E-state index in [0.717, 1.165) is 34.9 Å². The average molecular weight is 818 g/mol. The number of methoxy groups -OCH3 is 1. The molecule has 0 bridgehead atoms. The van der Waals surface area contributed by atoms with Gasteiger partial charge in [-0.2, -0.15) is 0 Å². The Morgan fingerprint density at radius 3 is 2.35 bits per heavy atom. The summed E-state index contributed by atoms with van der Waals surface area (Å²) in [6.45, 7) is 5.60. The van der Waals surface area contributed by atoms with Crippen LogP contribution in [-0.4, -0.2) is 82.7 Å². The third-order valence-electron chi connectivity index (χ3n) is 11.0. The maximum atomic E-state index is 13.2. The van der Waals surface area contributed by atoms with Gasteiger partial charge in [0.2, 0.25) is 5.88 Å². The second kappa shape index (κ2) is 18.3. The summed E-state index contributed by atoms with van der Waals surface area (Å²) in [5.41, 5.74) is 3.47. The van der Waals surface area contributed by atoms with Crippen molar-refractivity contribution in [1.82, 2.24) is 15.2 Å². The molecule has 7 rings (SSSR count). The van der Waals surface area contributed by atoms with E-state index in [-0.39, 0.29) is 43.4 Å². The molecule has 2 amide bonds. The number of ether oxygens (including phenoxy) is 5. The third kappa shape index (κ3) is 10.3. The number of likely N-dealkylation sites (tertiary alicyclic amines) is 1. The summed E-state index contributed by atoms with van der Waals surface area (Å²) >= 11 is 0. The van der Waals surface area contributed by atoms with Crippen molar-refractivity contribution in [2.75, 3.05) is 13.7 Å². The van der Waals surface area contributed by atoms with Crippen molar-refractivity contribution in [3.8, 4) is 23.5 Å². The number of pyridine rings is 1. The molecule has 2 fully saturated rings. The van der Waals surface area contributed by atoms with Gasteiger partial charge in [0.1, 0.15) is 47.8 Å². The van der Waals surface area contributed by atoms with Gasteiger partial charge in [-0.15, -0.1) is 0 Å². The molecule has 2 aliphatic carbocycles. The molecule has 4 aromatic rings. The van der Waals surface area contributed by atoms with Crippen molar-refractivity contribution in [3.63, 3.8) is 0 Å². The Morgan fingerprint density at radius 1 is 0.950 bits per heavy atom. The van der Waals surface area contributed by atoms with Crippen LogP contribution in [0.5, 0.6) is 11.6 Å². The molecule has 1 saturated carbocycles. The van der Waals surface area contributed by atoms with E-state index >= 15 is 0 Å². The van der Waals surface area contributed by atoms with Gasteiger partial charge in [0.05, 0.1) is 19.2 Å². The van der Waals surface area contributed by atoms with Crippen LogP contribution in [0.4, 0.5) is 9.59 Å². The Labute approximate surface area is 349 Å². The fourth-order valence-corrected chi connectivity index (χ4v) is 7.94. The molecule has 2 heterocycles. The maximum Gasteiger partial charge on any atom is 0.411 e. The minimum absolute atomic E-state index is 0.0602. The third-order valence-corrected chi connectivity index (χ3v) is 11.0. The number of esters is 1. The first kappa shape index (κ1) is 41.9. The predicted octanol–water partition coefficient (Wildman–Crippen LogP) is 7.25. The van der Waals surface area contributed by atoms with E-state index in [4.69, 9.17) is 28.7 Å². The van der Waals surface area contributed by atoms with E-state index in [1.165, 1.54) is 12.0 Å². The molecule has 60 heavy (non-hydrogen) atoms. The normalized spacial score (nSPS) is 20.0. The van der Waals surface area contributed by atoms with Crippen LogP contribution in [0.1, 0.15) is 75.1 Å². The van der Waals surface area contributed by atoms with Crippen LogP contribution >= 0.6 is 0 Å². The summed E-state index contributed by atoms with van der Waals surface area (Å²) in [5.74, 6) is 5.55. The van der Waals surface area contributed by atoms with Gasteiger partial charge in [-0.25, -0.2) is 24.2 Å². The molecule has 1 aliphatic heterocycles. The largest absolute Gasteiger partial charge is 0.487 e. The second-order valence-electron chi connectivity index (χ2n) is 16.6. The Balaban J connectivity index is 1.03. The molecule has 1 saturated heterocycles. The van der Waals surface area contributed by atoms with Crippen LogP contribution in [0, 0.1) is 23.7 Å². The number of nitrogens with one attached hydrogen (secondary N) is 1. The number of fused-ring (bicyclic) bond motifs is 2. The molecule has 0 spiro atoms. The molecular weight excluding hydrogens is 767 g/mol. The van der Waals surface area contributed by atoms with Crippen molar-refractivity contribution < 1.29 is 48.0 Å². The lowest BCUT2D eigenvalue weighted by molar-refractivity contribution is -0.145. The van der Waals surface area contributed by atoms with Gasteiger partial charge in [-0.3, -0.25) is 4.90 Å². The molecule has 13 heteroatoms. The lowest BCUT2D eigenvalue weighted by Crippen LogP contribution is -2.46. The molecule has 314 valence electrons. The summed E-state index contributed by atoms with van der Waals surface area (Å²) < 4.78 is 29.3. The van der Waals surface area contributed by atoms with Gasteiger partial charge in [-0.1, -0.05) is 78.6 Å².